The predicted molar refractivity (Wildman–Crippen MR) is 122 cm³/mol. The molecule has 2 atom stereocenters. The predicted octanol–water partition coefficient (Wildman–Crippen LogP) is 9.71. The molecule has 0 radical (unpaired) electrons. The van der Waals surface area contributed by atoms with Crippen molar-refractivity contribution < 1.29 is 0 Å². The van der Waals surface area contributed by atoms with Crippen molar-refractivity contribution in [1.29, 1.82) is 0 Å². The van der Waals surface area contributed by atoms with Gasteiger partial charge >= 0.3 is 0 Å². The van der Waals surface area contributed by atoms with Gasteiger partial charge in [0.05, 0.1) is 0 Å². The van der Waals surface area contributed by atoms with Crippen LogP contribution in [0.25, 0.3) is 0 Å². The lowest BCUT2D eigenvalue weighted by Gasteiger charge is -2.43. The Balaban J connectivity index is 0.000000195. The lowest BCUT2D eigenvalue weighted by molar-refractivity contribution is 0.0846. The minimum absolute atomic E-state index is 1.14. The van der Waals surface area contributed by atoms with E-state index in [1.165, 1.54) is 70.6 Å². The third-order valence-corrected chi connectivity index (χ3v) is 8.17. The van der Waals surface area contributed by atoms with Gasteiger partial charge in [0.15, 0.2) is 0 Å². The SMILES string of the molecule is C1CCC2CCC(C1)C1CCC2CC1.CCCCCCCCCCCCC. The maximum atomic E-state index is 2.28. The second-order valence-corrected chi connectivity index (χ2v) is 10.2. The zero-order chi connectivity index (χ0) is 19.2. The normalized spacial score (nSPS) is 30.0. The molecule has 0 spiro atoms. The van der Waals surface area contributed by atoms with Gasteiger partial charge in [-0.2, -0.15) is 0 Å². The van der Waals surface area contributed by atoms with Gasteiger partial charge in [-0.1, -0.05) is 110 Å². The Labute approximate surface area is 172 Å². The molecule has 0 saturated heterocycles. The van der Waals surface area contributed by atoms with Crippen molar-refractivity contribution in [3.63, 3.8) is 0 Å². The standard InChI is InChI=1S/C14H24.C13H28/c1-2-4-12-6-5-11(3-1)13-7-9-14(12)10-8-13;1-3-5-7-9-11-13-12-10-8-6-4-2/h11-14H,1-10H2;3-13H2,1-2H3. The third-order valence-electron chi connectivity index (χ3n) is 8.17. The van der Waals surface area contributed by atoms with Crippen molar-refractivity contribution in [2.45, 2.75) is 149 Å². The Bertz CT molecular complexity index is 293. The first-order valence-corrected chi connectivity index (χ1v) is 13.3. The van der Waals surface area contributed by atoms with Gasteiger partial charge in [-0.25, -0.2) is 0 Å². The highest BCUT2D eigenvalue weighted by Gasteiger charge is 2.35. The summed E-state index contributed by atoms with van der Waals surface area (Å²) in [5.74, 6) is 4.56. The van der Waals surface area contributed by atoms with E-state index in [1.54, 1.807) is 64.2 Å². The van der Waals surface area contributed by atoms with Gasteiger partial charge in [-0.05, 0) is 62.2 Å². The monoisotopic (exact) mass is 376 g/mol. The lowest BCUT2D eigenvalue weighted by Crippen LogP contribution is -2.31. The average Bonchev–Trinajstić information content (AvgIpc) is 2.67. The molecule has 0 heterocycles. The Morgan fingerprint density at radius 1 is 0.370 bits per heavy atom. The van der Waals surface area contributed by atoms with Crippen LogP contribution in [0.1, 0.15) is 149 Å². The van der Waals surface area contributed by atoms with Crippen LogP contribution in [0.4, 0.5) is 0 Å². The van der Waals surface area contributed by atoms with E-state index >= 15 is 0 Å². The second-order valence-electron chi connectivity index (χ2n) is 10.2. The van der Waals surface area contributed by atoms with Gasteiger partial charge < -0.3 is 0 Å². The smallest absolute Gasteiger partial charge is 0.0386 e. The highest BCUT2D eigenvalue weighted by molar-refractivity contribution is 4.86. The average molecular weight is 377 g/mol. The molecule has 0 N–H and O–H groups in total. The van der Waals surface area contributed by atoms with Gasteiger partial charge in [0.2, 0.25) is 0 Å². The molecule has 0 amide bonds. The van der Waals surface area contributed by atoms with E-state index in [4.69, 9.17) is 0 Å². The molecule has 4 aliphatic carbocycles. The zero-order valence-corrected chi connectivity index (χ0v) is 19.2. The summed E-state index contributed by atoms with van der Waals surface area (Å²) in [6.45, 7) is 4.56. The summed E-state index contributed by atoms with van der Waals surface area (Å²) in [5, 5.41) is 0. The molecule has 0 nitrogen and oxygen atoms in total. The number of rotatable bonds is 10. The van der Waals surface area contributed by atoms with E-state index in [0.29, 0.717) is 0 Å². The molecule has 2 unspecified atom stereocenters. The van der Waals surface area contributed by atoms with Gasteiger partial charge in [0.25, 0.3) is 0 Å². The van der Waals surface area contributed by atoms with Crippen LogP contribution >= 0.6 is 0 Å². The van der Waals surface area contributed by atoms with Crippen LogP contribution in [0.15, 0.2) is 0 Å². The first-order valence-electron chi connectivity index (χ1n) is 13.3. The summed E-state index contributed by atoms with van der Waals surface area (Å²) in [7, 11) is 0. The van der Waals surface area contributed by atoms with E-state index in [1.807, 2.05) is 0 Å². The van der Waals surface area contributed by atoms with Crippen molar-refractivity contribution in [2.75, 3.05) is 0 Å². The van der Waals surface area contributed by atoms with E-state index in [0.717, 1.165) is 23.7 Å². The molecule has 0 aromatic rings. The largest absolute Gasteiger partial charge is 0.0654 e. The molecule has 0 heteroatoms. The minimum Gasteiger partial charge on any atom is -0.0654 e. The molecular formula is C27H52. The molecule has 4 bridgehead atoms. The maximum absolute atomic E-state index is 2.28. The molecule has 160 valence electrons. The summed E-state index contributed by atoms with van der Waals surface area (Å²) >= 11 is 0. The van der Waals surface area contributed by atoms with E-state index in [-0.39, 0.29) is 0 Å². The minimum atomic E-state index is 1.14. The van der Waals surface area contributed by atoms with Gasteiger partial charge in [-0.15, -0.1) is 0 Å². The van der Waals surface area contributed by atoms with Crippen molar-refractivity contribution in [1.82, 2.24) is 0 Å². The van der Waals surface area contributed by atoms with Crippen molar-refractivity contribution in [3.8, 4) is 0 Å². The topological polar surface area (TPSA) is 0 Å². The molecule has 4 rings (SSSR count). The van der Waals surface area contributed by atoms with Gasteiger partial charge in [0, 0.05) is 0 Å². The highest BCUT2D eigenvalue weighted by Crippen LogP contribution is 2.47. The lowest BCUT2D eigenvalue weighted by atomic mass is 9.63. The number of hydrogen-bond donors (Lipinski definition) is 0. The van der Waals surface area contributed by atoms with Crippen LogP contribution in [-0.2, 0) is 0 Å². The second kappa shape index (κ2) is 14.9. The summed E-state index contributed by atoms with van der Waals surface area (Å²) in [6, 6.07) is 0. The quantitative estimate of drug-likeness (QED) is 0.333. The van der Waals surface area contributed by atoms with Crippen molar-refractivity contribution in [3.05, 3.63) is 0 Å². The van der Waals surface area contributed by atoms with Crippen LogP contribution in [0.5, 0.6) is 0 Å². The van der Waals surface area contributed by atoms with Crippen LogP contribution in [-0.4, -0.2) is 0 Å². The van der Waals surface area contributed by atoms with Crippen LogP contribution in [0.3, 0.4) is 0 Å². The molecule has 0 aromatic carbocycles. The molecule has 0 aliphatic heterocycles. The summed E-state index contributed by atoms with van der Waals surface area (Å²) in [4.78, 5) is 0. The fraction of sp³-hybridized carbons (Fsp3) is 1.00. The number of fused-ring (bicyclic) bond motifs is 2. The highest BCUT2D eigenvalue weighted by atomic mass is 14.4. The first kappa shape index (κ1) is 23.3. The molecule has 4 fully saturated rings. The fourth-order valence-corrected chi connectivity index (χ4v) is 6.30. The van der Waals surface area contributed by atoms with Gasteiger partial charge in [-0.3, -0.25) is 0 Å². The maximum Gasteiger partial charge on any atom is -0.0386 e. The summed E-state index contributed by atoms with van der Waals surface area (Å²) < 4.78 is 0. The Morgan fingerprint density at radius 3 is 0.926 bits per heavy atom. The fourth-order valence-electron chi connectivity index (χ4n) is 6.30. The Kier molecular flexibility index (Phi) is 12.9. The molecule has 4 aliphatic rings. The Morgan fingerprint density at radius 2 is 0.630 bits per heavy atom. The first-order chi connectivity index (χ1) is 13.3. The van der Waals surface area contributed by atoms with Crippen molar-refractivity contribution in [2.24, 2.45) is 23.7 Å². The number of unbranched alkanes of at least 4 members (excludes halogenated alkanes) is 10. The van der Waals surface area contributed by atoms with Crippen molar-refractivity contribution >= 4 is 0 Å². The number of hydrogen-bond acceptors (Lipinski definition) is 0. The third kappa shape index (κ3) is 9.36. The zero-order valence-electron chi connectivity index (χ0n) is 19.2. The molecule has 4 saturated carbocycles. The summed E-state index contributed by atoms with van der Waals surface area (Å²) in [5.41, 5.74) is 0. The van der Waals surface area contributed by atoms with Crippen LogP contribution in [0.2, 0.25) is 0 Å². The van der Waals surface area contributed by atoms with E-state index < -0.39 is 0 Å². The van der Waals surface area contributed by atoms with Crippen LogP contribution in [0, 0.1) is 23.7 Å². The van der Waals surface area contributed by atoms with Crippen LogP contribution < -0.4 is 0 Å². The molecule has 27 heavy (non-hydrogen) atoms. The van der Waals surface area contributed by atoms with Gasteiger partial charge in [0.1, 0.15) is 0 Å². The van der Waals surface area contributed by atoms with E-state index in [2.05, 4.69) is 13.8 Å². The molecule has 0 aromatic heterocycles. The van der Waals surface area contributed by atoms with E-state index in [9.17, 15) is 0 Å². The summed E-state index contributed by atoms with van der Waals surface area (Å²) in [6.07, 6.45) is 31.7. The molecular weight excluding hydrogens is 324 g/mol. The Hall–Kier alpha value is 0.